The smallest absolute Gasteiger partial charge is 0.346 e. The number of halogens is 5. The molecule has 1 atom stereocenters. The maximum absolute atomic E-state index is 13.8. The summed E-state index contributed by atoms with van der Waals surface area (Å²) in [5, 5.41) is 3.27. The number of rotatable bonds is 2. The monoisotopic (exact) mass is 436 g/mol. The fourth-order valence-electron chi connectivity index (χ4n) is 4.54. The Morgan fingerprint density at radius 3 is 2.46 bits per heavy atom. The highest BCUT2D eigenvalue weighted by Crippen LogP contribution is 2.42. The van der Waals surface area contributed by atoms with Crippen LogP contribution in [0.25, 0.3) is 10.1 Å². The number of amides is 1. The molecule has 0 spiro atoms. The number of nitrogens with one attached hydrogen (secondary N) is 1. The van der Waals surface area contributed by atoms with Crippen LogP contribution in [0.4, 0.5) is 17.6 Å². The highest BCUT2D eigenvalue weighted by atomic mass is 35.5. The number of fused-ring (bicyclic) bond motifs is 4. The van der Waals surface area contributed by atoms with Crippen LogP contribution in [0.15, 0.2) is 18.2 Å². The molecule has 2 aromatic rings. The van der Waals surface area contributed by atoms with Crippen molar-refractivity contribution in [3.05, 3.63) is 34.5 Å². The van der Waals surface area contributed by atoms with Crippen LogP contribution in [0.1, 0.15) is 41.9 Å². The molecule has 3 nitrogen and oxygen atoms in total. The van der Waals surface area contributed by atoms with Crippen molar-refractivity contribution >= 4 is 39.7 Å². The molecule has 1 amide bonds. The highest BCUT2D eigenvalue weighted by Gasteiger charge is 2.48. The Morgan fingerprint density at radius 1 is 1.25 bits per heavy atom. The van der Waals surface area contributed by atoms with Gasteiger partial charge in [-0.25, -0.2) is 4.39 Å². The summed E-state index contributed by atoms with van der Waals surface area (Å²) in [6, 6.07) is 3.44. The van der Waals surface area contributed by atoms with Gasteiger partial charge in [0.25, 0.3) is 5.91 Å². The van der Waals surface area contributed by atoms with Gasteiger partial charge in [-0.15, -0.1) is 23.7 Å². The van der Waals surface area contributed by atoms with Crippen LogP contribution in [-0.2, 0) is 6.18 Å². The van der Waals surface area contributed by atoms with Crippen molar-refractivity contribution in [3.63, 3.8) is 0 Å². The van der Waals surface area contributed by atoms with E-state index in [9.17, 15) is 22.4 Å². The number of hydrogen-bond acceptors (Lipinski definition) is 3. The van der Waals surface area contributed by atoms with Gasteiger partial charge < -0.3 is 5.32 Å². The Balaban J connectivity index is 0.00000225. The zero-order valence-corrected chi connectivity index (χ0v) is 17.0. The molecule has 3 saturated heterocycles. The quantitative estimate of drug-likeness (QED) is 0.665. The predicted octanol–water partition coefficient (Wildman–Crippen LogP) is 5.08. The molecule has 154 valence electrons. The molecule has 9 heteroatoms. The van der Waals surface area contributed by atoms with Crippen molar-refractivity contribution in [2.45, 2.75) is 44.4 Å². The number of nitrogens with zero attached hydrogens (tertiary/aromatic N) is 1. The zero-order chi connectivity index (χ0) is 19.6. The summed E-state index contributed by atoms with van der Waals surface area (Å²) >= 11 is 0.696. The summed E-state index contributed by atoms with van der Waals surface area (Å²) in [5.41, 5.74) is -1.50. The van der Waals surface area contributed by atoms with Gasteiger partial charge in [0.05, 0.1) is 9.58 Å². The third-order valence-corrected chi connectivity index (χ3v) is 7.18. The average molecular weight is 437 g/mol. The number of hydrogen-bond donors (Lipinski definition) is 1. The van der Waals surface area contributed by atoms with Crippen LogP contribution >= 0.6 is 23.7 Å². The lowest BCUT2D eigenvalue weighted by molar-refractivity contribution is -0.138. The zero-order valence-electron chi connectivity index (χ0n) is 15.4. The number of thiophene rings is 1. The molecule has 0 radical (unpaired) electrons. The van der Waals surface area contributed by atoms with Crippen LogP contribution in [-0.4, -0.2) is 35.5 Å². The summed E-state index contributed by atoms with van der Waals surface area (Å²) in [4.78, 5) is 15.3. The molecule has 4 heterocycles. The minimum absolute atomic E-state index is 0. The lowest BCUT2D eigenvalue weighted by Crippen LogP contribution is -2.69. The summed E-state index contributed by atoms with van der Waals surface area (Å²) in [7, 11) is 0. The fraction of sp³-hybridized carbons (Fsp3) is 0.526. The van der Waals surface area contributed by atoms with Gasteiger partial charge in [0.2, 0.25) is 0 Å². The maximum atomic E-state index is 13.8. The molecule has 3 aliphatic rings. The van der Waals surface area contributed by atoms with E-state index in [1.165, 1.54) is 12.1 Å². The van der Waals surface area contributed by atoms with E-state index in [0.29, 0.717) is 17.3 Å². The van der Waals surface area contributed by atoms with Gasteiger partial charge in [-0.05, 0) is 63.2 Å². The van der Waals surface area contributed by atoms with E-state index in [0.717, 1.165) is 32.0 Å². The van der Waals surface area contributed by atoms with Gasteiger partial charge in [0.15, 0.2) is 0 Å². The minimum Gasteiger partial charge on any atom is -0.346 e. The summed E-state index contributed by atoms with van der Waals surface area (Å²) < 4.78 is 53.2. The molecule has 3 fully saturated rings. The first kappa shape index (κ1) is 21.3. The molecule has 1 aromatic carbocycles. The van der Waals surface area contributed by atoms with E-state index >= 15 is 0 Å². The maximum Gasteiger partial charge on any atom is 0.420 e. The Morgan fingerprint density at radius 2 is 1.89 bits per heavy atom. The second kappa shape index (κ2) is 7.15. The number of alkyl halides is 3. The van der Waals surface area contributed by atoms with Crippen LogP contribution in [0.5, 0.6) is 0 Å². The molecule has 3 aliphatic heterocycles. The summed E-state index contributed by atoms with van der Waals surface area (Å²) in [5.74, 6) is -1.34. The lowest BCUT2D eigenvalue weighted by atomic mass is 9.72. The number of piperidine rings is 3. The first-order valence-electron chi connectivity index (χ1n) is 8.94. The number of benzene rings is 1. The molecule has 28 heavy (non-hydrogen) atoms. The van der Waals surface area contributed by atoms with Crippen LogP contribution < -0.4 is 5.32 Å². The van der Waals surface area contributed by atoms with Crippen molar-refractivity contribution in [3.8, 4) is 0 Å². The first-order valence-corrected chi connectivity index (χ1v) is 9.76. The van der Waals surface area contributed by atoms with Crippen molar-refractivity contribution in [2.24, 2.45) is 5.92 Å². The molecule has 1 unspecified atom stereocenters. The minimum atomic E-state index is -4.81. The molecule has 5 rings (SSSR count). The van der Waals surface area contributed by atoms with Crippen molar-refractivity contribution in [1.82, 2.24) is 10.2 Å². The second-order valence-corrected chi connectivity index (χ2v) is 8.93. The van der Waals surface area contributed by atoms with E-state index in [2.05, 4.69) is 24.1 Å². The normalized spacial score (nSPS) is 26.1. The average Bonchev–Trinajstić information content (AvgIpc) is 3.01. The largest absolute Gasteiger partial charge is 0.420 e. The van der Waals surface area contributed by atoms with Crippen molar-refractivity contribution < 1.29 is 22.4 Å². The summed E-state index contributed by atoms with van der Waals surface area (Å²) in [6.07, 6.45) is -2.80. The molecular formula is C19H21ClF4N2OS. The topological polar surface area (TPSA) is 32.3 Å². The predicted molar refractivity (Wildman–Crippen MR) is 104 cm³/mol. The Kier molecular flexibility index (Phi) is 5.44. The van der Waals surface area contributed by atoms with E-state index in [1.54, 1.807) is 0 Å². The highest BCUT2D eigenvalue weighted by molar-refractivity contribution is 7.21. The molecule has 0 saturated carbocycles. The Hall–Kier alpha value is -1.38. The summed E-state index contributed by atoms with van der Waals surface area (Å²) in [6.45, 7) is 6.18. The van der Waals surface area contributed by atoms with E-state index in [1.807, 2.05) is 0 Å². The molecule has 2 bridgehead atoms. The Bertz CT molecular complexity index is 903. The van der Waals surface area contributed by atoms with E-state index in [-0.39, 0.29) is 39.0 Å². The molecular weight excluding hydrogens is 416 g/mol. The third-order valence-electron chi connectivity index (χ3n) is 6.02. The fourth-order valence-corrected chi connectivity index (χ4v) is 5.66. The molecule has 0 aliphatic carbocycles. The number of carbonyl (C=O) groups is 1. The second-order valence-electron chi connectivity index (χ2n) is 7.88. The third kappa shape index (κ3) is 3.39. The van der Waals surface area contributed by atoms with Gasteiger partial charge in [0.1, 0.15) is 11.4 Å². The van der Waals surface area contributed by atoms with Gasteiger partial charge in [-0.3, -0.25) is 9.69 Å². The Labute approximate surface area is 170 Å². The van der Waals surface area contributed by atoms with Crippen molar-refractivity contribution in [1.29, 1.82) is 0 Å². The van der Waals surface area contributed by atoms with Crippen LogP contribution in [0, 0.1) is 11.7 Å². The van der Waals surface area contributed by atoms with Crippen molar-refractivity contribution in [2.75, 3.05) is 13.1 Å². The molecule has 1 aromatic heterocycles. The van der Waals surface area contributed by atoms with Gasteiger partial charge in [0, 0.05) is 11.6 Å². The lowest BCUT2D eigenvalue weighted by Gasteiger charge is -2.56. The number of carbonyl (C=O) groups excluding carboxylic acids is 1. The SMILES string of the molecule is CC1(C)C(NC(=O)c2cc3ccc(F)c(C(F)(F)F)c3s2)C2CCN1CC2.Cl. The van der Waals surface area contributed by atoms with Gasteiger partial charge in [-0.2, -0.15) is 13.2 Å². The van der Waals surface area contributed by atoms with E-state index < -0.39 is 23.5 Å². The van der Waals surface area contributed by atoms with E-state index in [4.69, 9.17) is 0 Å². The van der Waals surface area contributed by atoms with Crippen LogP contribution in [0.2, 0.25) is 0 Å². The van der Waals surface area contributed by atoms with Crippen LogP contribution in [0.3, 0.4) is 0 Å². The standard InChI is InChI=1S/C19H20F4N2OS.ClH/c1-18(2)16(10-5-7-25(18)8-6-10)24-17(26)13-9-11-3-4-12(20)14(15(11)27-13)19(21,22)23;/h3-4,9-10,16H,5-8H2,1-2H3,(H,24,26);1H. The van der Waals surface area contributed by atoms with Gasteiger partial charge in [-0.1, -0.05) is 6.07 Å². The molecule has 1 N–H and O–H groups in total. The first-order chi connectivity index (χ1) is 12.6. The van der Waals surface area contributed by atoms with Gasteiger partial charge >= 0.3 is 6.18 Å².